The summed E-state index contributed by atoms with van der Waals surface area (Å²) < 4.78 is 37.8. The maximum Gasteiger partial charge on any atom is 0.405 e. The summed E-state index contributed by atoms with van der Waals surface area (Å²) in [5, 5.41) is 5.76. The minimum Gasteiger partial charge on any atom is -0.360 e. The van der Waals surface area contributed by atoms with E-state index in [9.17, 15) is 18.0 Å². The highest BCUT2D eigenvalue weighted by molar-refractivity contribution is 5.94. The molecule has 30 heavy (non-hydrogen) atoms. The maximum atomic E-state index is 12.6. The van der Waals surface area contributed by atoms with Crippen LogP contribution in [0, 0.1) is 0 Å². The van der Waals surface area contributed by atoms with Crippen molar-refractivity contribution in [3.05, 3.63) is 42.1 Å². The summed E-state index contributed by atoms with van der Waals surface area (Å²) in [6.07, 6.45) is 0.418. The monoisotopic (exact) mass is 418 g/mol. The lowest BCUT2D eigenvalue weighted by molar-refractivity contribution is -0.115. The minimum atomic E-state index is -4.36. The lowest BCUT2D eigenvalue weighted by Crippen LogP contribution is -2.35. The molecular formula is C20H21F3N6O. The van der Waals surface area contributed by atoms with Gasteiger partial charge in [-0.2, -0.15) is 23.1 Å². The number of alkyl halides is 3. The molecule has 158 valence electrons. The van der Waals surface area contributed by atoms with Crippen LogP contribution in [-0.2, 0) is 0 Å². The predicted molar refractivity (Wildman–Crippen MR) is 108 cm³/mol. The second-order valence-electron chi connectivity index (χ2n) is 7.16. The Morgan fingerprint density at radius 2 is 1.80 bits per heavy atom. The number of fused-ring (bicyclic) bond motifs is 1. The normalized spacial score (nSPS) is 14.7. The number of carbonyl (C=O) groups is 1. The molecule has 10 heteroatoms. The van der Waals surface area contributed by atoms with Crippen molar-refractivity contribution in [2.24, 2.45) is 0 Å². The molecule has 1 aromatic carbocycles. The highest BCUT2D eigenvalue weighted by atomic mass is 19.4. The van der Waals surface area contributed by atoms with E-state index >= 15 is 0 Å². The van der Waals surface area contributed by atoms with Crippen LogP contribution in [0.5, 0.6) is 0 Å². The van der Waals surface area contributed by atoms with Gasteiger partial charge in [-0.15, -0.1) is 0 Å². The lowest BCUT2D eigenvalue weighted by Gasteiger charge is -2.26. The van der Waals surface area contributed by atoms with Gasteiger partial charge in [0.25, 0.3) is 5.91 Å². The van der Waals surface area contributed by atoms with Crippen molar-refractivity contribution in [3.63, 3.8) is 0 Å². The number of likely N-dealkylation sites (tertiary alicyclic amines) is 1. The topological polar surface area (TPSA) is 85.9 Å². The summed E-state index contributed by atoms with van der Waals surface area (Å²) in [6, 6.07) is 8.49. The van der Waals surface area contributed by atoms with Gasteiger partial charge in [0.2, 0.25) is 5.95 Å². The first-order valence-corrected chi connectivity index (χ1v) is 9.71. The quantitative estimate of drug-likeness (QED) is 0.575. The van der Waals surface area contributed by atoms with Crippen molar-refractivity contribution in [2.45, 2.75) is 25.4 Å². The van der Waals surface area contributed by atoms with Crippen molar-refractivity contribution in [3.8, 4) is 0 Å². The molecule has 0 saturated carbocycles. The molecule has 1 aliphatic rings. The van der Waals surface area contributed by atoms with E-state index in [1.54, 1.807) is 36.5 Å². The summed E-state index contributed by atoms with van der Waals surface area (Å²) in [5.41, 5.74) is 1.63. The number of nitrogens with zero attached hydrogens (tertiary/aromatic N) is 3. The fourth-order valence-electron chi connectivity index (χ4n) is 3.42. The van der Waals surface area contributed by atoms with Crippen LogP contribution in [0.2, 0.25) is 0 Å². The van der Waals surface area contributed by atoms with Gasteiger partial charge in [-0.3, -0.25) is 4.79 Å². The Balaban J connectivity index is 1.50. The van der Waals surface area contributed by atoms with Crippen molar-refractivity contribution < 1.29 is 18.0 Å². The number of aromatic nitrogens is 3. The molecule has 2 aromatic heterocycles. The van der Waals surface area contributed by atoms with Gasteiger partial charge in [0.05, 0.1) is 5.39 Å². The zero-order chi connectivity index (χ0) is 21.1. The molecule has 1 aliphatic heterocycles. The van der Waals surface area contributed by atoms with E-state index in [0.29, 0.717) is 22.3 Å². The molecule has 0 atom stereocenters. The van der Waals surface area contributed by atoms with E-state index in [-0.39, 0.29) is 17.7 Å². The van der Waals surface area contributed by atoms with Crippen molar-refractivity contribution in [1.29, 1.82) is 0 Å². The molecule has 3 aromatic rings. The molecule has 3 heterocycles. The average molecular weight is 418 g/mol. The van der Waals surface area contributed by atoms with E-state index < -0.39 is 12.7 Å². The van der Waals surface area contributed by atoms with Gasteiger partial charge in [0.15, 0.2) is 0 Å². The number of aromatic amines is 1. The molecule has 0 radical (unpaired) electrons. The van der Waals surface area contributed by atoms with E-state index in [1.807, 2.05) is 4.90 Å². The minimum absolute atomic E-state index is 0.00365. The van der Waals surface area contributed by atoms with Crippen LogP contribution in [0.25, 0.3) is 11.0 Å². The molecular weight excluding hydrogens is 397 g/mol. The summed E-state index contributed by atoms with van der Waals surface area (Å²) in [6.45, 7) is 0.351. The number of hydrogen-bond acceptors (Lipinski definition) is 5. The summed E-state index contributed by atoms with van der Waals surface area (Å²) in [4.78, 5) is 25.8. The molecule has 7 nitrogen and oxygen atoms in total. The van der Waals surface area contributed by atoms with Crippen LogP contribution < -0.4 is 10.6 Å². The van der Waals surface area contributed by atoms with E-state index in [2.05, 4.69) is 25.6 Å². The Morgan fingerprint density at radius 3 is 2.50 bits per heavy atom. The zero-order valence-corrected chi connectivity index (χ0v) is 16.1. The molecule has 4 rings (SSSR count). The van der Waals surface area contributed by atoms with E-state index in [4.69, 9.17) is 0 Å². The highest BCUT2D eigenvalue weighted by Gasteiger charge is 2.27. The zero-order valence-electron chi connectivity index (χ0n) is 16.1. The van der Waals surface area contributed by atoms with Crippen LogP contribution in [0.3, 0.4) is 0 Å². The first-order chi connectivity index (χ1) is 14.4. The van der Waals surface area contributed by atoms with Gasteiger partial charge >= 0.3 is 6.18 Å². The van der Waals surface area contributed by atoms with Gasteiger partial charge in [-0.05, 0) is 49.6 Å². The molecule has 3 N–H and O–H groups in total. The number of H-pyrrole nitrogens is 1. The number of hydrogen-bond donors (Lipinski definition) is 3. The van der Waals surface area contributed by atoms with Crippen LogP contribution in [-0.4, -0.2) is 51.6 Å². The lowest BCUT2D eigenvalue weighted by atomic mass is 10.1. The largest absolute Gasteiger partial charge is 0.405 e. The molecule has 0 aliphatic carbocycles. The van der Waals surface area contributed by atoms with Gasteiger partial charge < -0.3 is 20.5 Å². The highest BCUT2D eigenvalue weighted by Crippen LogP contribution is 2.25. The van der Waals surface area contributed by atoms with Crippen LogP contribution in [0.4, 0.5) is 30.6 Å². The number of piperidine rings is 1. The second kappa shape index (κ2) is 8.21. The third-order valence-corrected chi connectivity index (χ3v) is 4.90. The average Bonchev–Trinajstić information content (AvgIpc) is 3.21. The molecule has 1 saturated heterocycles. The van der Waals surface area contributed by atoms with Crippen molar-refractivity contribution in [1.82, 2.24) is 19.9 Å². The third kappa shape index (κ3) is 4.64. The number of carbonyl (C=O) groups excluding carboxylic acids is 1. The van der Waals surface area contributed by atoms with Gasteiger partial charge in [-0.1, -0.05) is 0 Å². The van der Waals surface area contributed by atoms with Crippen molar-refractivity contribution in [2.75, 3.05) is 30.3 Å². The molecule has 0 unspecified atom stereocenters. The molecule has 1 amide bonds. The number of benzene rings is 1. The Hall–Kier alpha value is -3.30. The van der Waals surface area contributed by atoms with Crippen LogP contribution in [0.1, 0.15) is 29.6 Å². The predicted octanol–water partition coefficient (Wildman–Crippen LogP) is 4.30. The fourth-order valence-corrected chi connectivity index (χ4v) is 3.42. The Morgan fingerprint density at radius 1 is 1.07 bits per heavy atom. The fraction of sp³-hybridized carbons (Fsp3) is 0.350. The van der Waals surface area contributed by atoms with Gasteiger partial charge in [0.1, 0.15) is 18.0 Å². The Labute approximate surface area is 170 Å². The van der Waals surface area contributed by atoms with Gasteiger partial charge in [-0.25, -0.2) is 0 Å². The van der Waals surface area contributed by atoms with Crippen LogP contribution >= 0.6 is 0 Å². The summed E-state index contributed by atoms with van der Waals surface area (Å²) in [7, 11) is 0. The van der Waals surface area contributed by atoms with Gasteiger partial charge in [0, 0.05) is 30.5 Å². The number of halogens is 3. The number of nitrogens with one attached hydrogen (secondary N) is 3. The summed E-state index contributed by atoms with van der Waals surface area (Å²) in [5.74, 6) is 0.228. The van der Waals surface area contributed by atoms with Crippen LogP contribution in [0.15, 0.2) is 36.5 Å². The first-order valence-electron chi connectivity index (χ1n) is 9.71. The molecule has 0 bridgehead atoms. The summed E-state index contributed by atoms with van der Waals surface area (Å²) >= 11 is 0. The standard InChI is InChI=1S/C20H21F3N6O/c21-20(22,23)12-25-17-15-8-9-24-16(15)27-19(28-17)26-14-6-4-13(5-7-14)18(30)29-10-2-1-3-11-29/h4-9H,1-3,10-12H2,(H3,24,25,26,27,28). The van der Waals surface area contributed by atoms with E-state index in [1.165, 1.54) is 0 Å². The number of rotatable bonds is 5. The van der Waals surface area contributed by atoms with E-state index in [0.717, 1.165) is 32.4 Å². The SMILES string of the molecule is O=C(c1ccc(Nc2nc(NCC(F)(F)F)c3cc[nH]c3n2)cc1)N1CCCCC1. The molecule has 1 fully saturated rings. The number of amides is 1. The second-order valence-corrected chi connectivity index (χ2v) is 7.16. The first kappa shape index (κ1) is 20.0. The molecule has 0 spiro atoms. The Kier molecular flexibility index (Phi) is 5.47. The Bertz CT molecular complexity index is 1030. The number of anilines is 3. The smallest absolute Gasteiger partial charge is 0.360 e. The third-order valence-electron chi connectivity index (χ3n) is 4.90. The van der Waals surface area contributed by atoms with Crippen molar-refractivity contribution >= 4 is 34.4 Å². The maximum absolute atomic E-state index is 12.6.